The lowest BCUT2D eigenvalue weighted by Gasteiger charge is -2.13. The number of rotatable bonds is 6. The Morgan fingerprint density at radius 1 is 1.32 bits per heavy atom. The number of anilines is 1. The van der Waals surface area contributed by atoms with E-state index in [1.807, 2.05) is 6.92 Å². The van der Waals surface area contributed by atoms with Gasteiger partial charge in [0, 0.05) is 24.4 Å². The molecule has 1 aromatic rings. The predicted molar refractivity (Wildman–Crippen MR) is 72.7 cm³/mol. The Kier molecular flexibility index (Phi) is 5.81. The van der Waals surface area contributed by atoms with Gasteiger partial charge in [-0.25, -0.2) is 0 Å². The number of hydrogen-bond acceptors (Lipinski definition) is 4. The fourth-order valence-electron chi connectivity index (χ4n) is 1.51. The first-order valence-electron chi connectivity index (χ1n) is 5.95. The molecule has 0 fully saturated rings. The number of hydrogen-bond donors (Lipinski definition) is 3. The van der Waals surface area contributed by atoms with Crippen molar-refractivity contribution < 1.29 is 14.3 Å². The lowest BCUT2D eigenvalue weighted by atomic mass is 10.2. The smallest absolute Gasteiger partial charge is 0.251 e. The summed E-state index contributed by atoms with van der Waals surface area (Å²) in [5, 5.41) is 5.23. The maximum absolute atomic E-state index is 11.7. The number of amides is 2. The summed E-state index contributed by atoms with van der Waals surface area (Å²) in [6.07, 6.45) is 0. The molecule has 0 aliphatic rings. The van der Waals surface area contributed by atoms with Crippen LogP contribution in [0.1, 0.15) is 17.3 Å². The highest BCUT2D eigenvalue weighted by molar-refractivity contribution is 5.96. The second kappa shape index (κ2) is 7.38. The van der Waals surface area contributed by atoms with Gasteiger partial charge in [-0.2, -0.15) is 0 Å². The Morgan fingerprint density at radius 2 is 1.95 bits per heavy atom. The third kappa shape index (κ3) is 5.39. The SMILES string of the molecule is COCC(C)NC(=O)CNC(=O)c1ccc(N)cc1. The van der Waals surface area contributed by atoms with Crippen molar-refractivity contribution in [2.75, 3.05) is 26.0 Å². The van der Waals surface area contributed by atoms with Gasteiger partial charge in [0.05, 0.1) is 13.2 Å². The first-order chi connectivity index (χ1) is 9.02. The van der Waals surface area contributed by atoms with Crippen LogP contribution in [0.3, 0.4) is 0 Å². The minimum atomic E-state index is -0.311. The van der Waals surface area contributed by atoms with Crippen LogP contribution >= 0.6 is 0 Å². The number of nitrogens with one attached hydrogen (secondary N) is 2. The Hall–Kier alpha value is -2.08. The quantitative estimate of drug-likeness (QED) is 0.638. The number of carbonyl (C=O) groups is 2. The Balaban J connectivity index is 2.37. The Morgan fingerprint density at radius 3 is 2.53 bits per heavy atom. The predicted octanol–water partition coefficient (Wildman–Crippen LogP) is 0.150. The number of methoxy groups -OCH3 is 1. The molecule has 6 nitrogen and oxygen atoms in total. The van der Waals surface area contributed by atoms with E-state index in [-0.39, 0.29) is 24.4 Å². The molecule has 0 radical (unpaired) electrons. The minimum Gasteiger partial charge on any atom is -0.399 e. The van der Waals surface area contributed by atoms with Gasteiger partial charge in [-0.3, -0.25) is 9.59 Å². The van der Waals surface area contributed by atoms with Gasteiger partial charge in [-0.05, 0) is 31.2 Å². The molecular formula is C13H19N3O3. The van der Waals surface area contributed by atoms with Crippen LogP contribution < -0.4 is 16.4 Å². The van der Waals surface area contributed by atoms with Gasteiger partial charge in [0.25, 0.3) is 5.91 Å². The molecule has 0 saturated heterocycles. The zero-order valence-electron chi connectivity index (χ0n) is 11.1. The van der Waals surface area contributed by atoms with Crippen molar-refractivity contribution in [1.29, 1.82) is 0 Å². The van der Waals surface area contributed by atoms with Crippen molar-refractivity contribution in [1.82, 2.24) is 10.6 Å². The number of benzene rings is 1. The van der Waals surface area contributed by atoms with Crippen molar-refractivity contribution in [3.63, 3.8) is 0 Å². The maximum Gasteiger partial charge on any atom is 0.251 e. The van der Waals surface area contributed by atoms with Gasteiger partial charge in [0.15, 0.2) is 0 Å². The lowest BCUT2D eigenvalue weighted by molar-refractivity contribution is -0.121. The van der Waals surface area contributed by atoms with E-state index in [0.717, 1.165) is 0 Å². The second-order valence-electron chi connectivity index (χ2n) is 4.23. The molecule has 0 bridgehead atoms. The minimum absolute atomic E-state index is 0.0722. The fraction of sp³-hybridized carbons (Fsp3) is 0.385. The van der Waals surface area contributed by atoms with E-state index >= 15 is 0 Å². The van der Waals surface area contributed by atoms with E-state index in [1.54, 1.807) is 31.4 Å². The molecule has 1 aromatic carbocycles. The molecule has 1 rings (SSSR count). The normalized spacial score (nSPS) is 11.7. The van der Waals surface area contributed by atoms with Crippen molar-refractivity contribution in [3.05, 3.63) is 29.8 Å². The first kappa shape index (κ1) is 15.0. The summed E-state index contributed by atoms with van der Waals surface area (Å²) in [6.45, 7) is 2.18. The summed E-state index contributed by atoms with van der Waals surface area (Å²) in [7, 11) is 1.56. The fourth-order valence-corrected chi connectivity index (χ4v) is 1.51. The highest BCUT2D eigenvalue weighted by Gasteiger charge is 2.09. The third-order valence-electron chi connectivity index (χ3n) is 2.41. The molecule has 2 amide bonds. The van der Waals surface area contributed by atoms with Crippen molar-refractivity contribution >= 4 is 17.5 Å². The molecular weight excluding hydrogens is 246 g/mol. The summed E-state index contributed by atoms with van der Waals surface area (Å²) in [5.74, 6) is -0.567. The van der Waals surface area contributed by atoms with Crippen LogP contribution in [0.2, 0.25) is 0 Å². The molecule has 0 saturated carbocycles. The van der Waals surface area contributed by atoms with Crippen LogP contribution in [-0.2, 0) is 9.53 Å². The molecule has 0 aromatic heterocycles. The van der Waals surface area contributed by atoms with E-state index in [9.17, 15) is 9.59 Å². The van der Waals surface area contributed by atoms with Gasteiger partial charge in [0.1, 0.15) is 0 Å². The number of carbonyl (C=O) groups excluding carboxylic acids is 2. The monoisotopic (exact) mass is 265 g/mol. The number of nitrogens with two attached hydrogens (primary N) is 1. The van der Waals surface area contributed by atoms with Gasteiger partial charge in [-0.15, -0.1) is 0 Å². The molecule has 1 atom stereocenters. The van der Waals surface area contributed by atoms with Gasteiger partial charge < -0.3 is 21.1 Å². The second-order valence-corrected chi connectivity index (χ2v) is 4.23. The zero-order chi connectivity index (χ0) is 14.3. The first-order valence-corrected chi connectivity index (χ1v) is 5.95. The topological polar surface area (TPSA) is 93.5 Å². The van der Waals surface area contributed by atoms with Crippen LogP contribution in [-0.4, -0.2) is 38.1 Å². The van der Waals surface area contributed by atoms with Gasteiger partial charge in [-0.1, -0.05) is 0 Å². The van der Waals surface area contributed by atoms with Crippen molar-refractivity contribution in [2.24, 2.45) is 0 Å². The molecule has 4 N–H and O–H groups in total. The van der Waals surface area contributed by atoms with E-state index in [1.165, 1.54) is 0 Å². The number of ether oxygens (including phenoxy) is 1. The third-order valence-corrected chi connectivity index (χ3v) is 2.41. The average Bonchev–Trinajstić information content (AvgIpc) is 2.37. The molecule has 0 heterocycles. The zero-order valence-corrected chi connectivity index (χ0v) is 11.1. The number of nitrogen functional groups attached to an aromatic ring is 1. The molecule has 0 spiro atoms. The Bertz CT molecular complexity index is 431. The molecule has 0 aliphatic heterocycles. The molecule has 19 heavy (non-hydrogen) atoms. The largest absolute Gasteiger partial charge is 0.399 e. The molecule has 104 valence electrons. The van der Waals surface area contributed by atoms with E-state index < -0.39 is 0 Å². The summed E-state index contributed by atoms with van der Waals surface area (Å²) >= 11 is 0. The molecule has 0 aliphatic carbocycles. The highest BCUT2D eigenvalue weighted by Crippen LogP contribution is 2.04. The van der Waals surface area contributed by atoms with Crippen LogP contribution in [0.4, 0.5) is 5.69 Å². The lowest BCUT2D eigenvalue weighted by Crippen LogP contribution is -2.42. The van der Waals surface area contributed by atoms with E-state index in [0.29, 0.717) is 17.9 Å². The Labute approximate surface area is 112 Å². The summed E-state index contributed by atoms with van der Waals surface area (Å²) in [6, 6.07) is 6.39. The highest BCUT2D eigenvalue weighted by atomic mass is 16.5. The molecule has 1 unspecified atom stereocenters. The van der Waals surface area contributed by atoms with Gasteiger partial charge >= 0.3 is 0 Å². The van der Waals surface area contributed by atoms with Gasteiger partial charge in [0.2, 0.25) is 5.91 Å². The van der Waals surface area contributed by atoms with Crippen LogP contribution in [0.5, 0.6) is 0 Å². The van der Waals surface area contributed by atoms with E-state index in [2.05, 4.69) is 10.6 Å². The molecule has 6 heteroatoms. The van der Waals surface area contributed by atoms with Crippen LogP contribution in [0.15, 0.2) is 24.3 Å². The van der Waals surface area contributed by atoms with Crippen molar-refractivity contribution in [2.45, 2.75) is 13.0 Å². The summed E-state index contributed by atoms with van der Waals surface area (Å²) in [4.78, 5) is 23.2. The van der Waals surface area contributed by atoms with Crippen LogP contribution in [0, 0.1) is 0 Å². The summed E-state index contributed by atoms with van der Waals surface area (Å²) in [5.41, 5.74) is 6.58. The van der Waals surface area contributed by atoms with Crippen molar-refractivity contribution in [3.8, 4) is 0 Å². The maximum atomic E-state index is 11.7. The van der Waals surface area contributed by atoms with E-state index in [4.69, 9.17) is 10.5 Å². The summed E-state index contributed by atoms with van der Waals surface area (Å²) < 4.78 is 4.90. The van der Waals surface area contributed by atoms with Crippen LogP contribution in [0.25, 0.3) is 0 Å². The average molecular weight is 265 g/mol. The standard InChI is InChI=1S/C13H19N3O3/c1-9(8-19-2)16-12(17)7-15-13(18)10-3-5-11(14)6-4-10/h3-6,9H,7-8,14H2,1-2H3,(H,15,18)(H,16,17).